The molecule has 136 valence electrons. The van der Waals surface area contributed by atoms with Crippen LogP contribution in [0.4, 0.5) is 0 Å². The van der Waals surface area contributed by atoms with Gasteiger partial charge >= 0.3 is 0 Å². The minimum Gasteiger partial charge on any atom is -0.320 e. The molecule has 8 heteroatoms. The lowest BCUT2D eigenvalue weighted by Gasteiger charge is -2.31. The molecule has 1 aliphatic heterocycles. The molecule has 0 atom stereocenters. The van der Waals surface area contributed by atoms with Crippen molar-refractivity contribution >= 4 is 53.7 Å². The van der Waals surface area contributed by atoms with Gasteiger partial charge in [0.05, 0.1) is 15.7 Å². The molecule has 0 aliphatic carbocycles. The molecule has 3 heterocycles. The molecule has 1 saturated heterocycles. The number of hydrogen-bond donors (Lipinski definition) is 1. The molecule has 4 nitrogen and oxygen atoms in total. The molecule has 2 aromatic rings. The third-order valence-electron chi connectivity index (χ3n) is 4.42. The fourth-order valence-electron chi connectivity index (χ4n) is 3.16. The predicted octanol–water partition coefficient (Wildman–Crippen LogP) is 4.31. The van der Waals surface area contributed by atoms with Crippen LogP contribution in [0.15, 0.2) is 18.5 Å². The van der Waals surface area contributed by atoms with Gasteiger partial charge < -0.3 is 9.72 Å². The van der Waals surface area contributed by atoms with E-state index in [2.05, 4.69) is 15.2 Å². The molecule has 24 heavy (non-hydrogen) atoms. The van der Waals surface area contributed by atoms with Crippen molar-refractivity contribution < 1.29 is 0 Å². The second kappa shape index (κ2) is 10.0. The van der Waals surface area contributed by atoms with Gasteiger partial charge in [0, 0.05) is 18.9 Å². The summed E-state index contributed by atoms with van der Waals surface area (Å²) in [5, 5.41) is 4.47. The highest BCUT2D eigenvalue weighted by molar-refractivity contribution is 6.36. The van der Waals surface area contributed by atoms with E-state index < -0.39 is 0 Å². The van der Waals surface area contributed by atoms with Crippen LogP contribution in [0.3, 0.4) is 0 Å². The Morgan fingerprint density at radius 3 is 2.58 bits per heavy atom. The van der Waals surface area contributed by atoms with Crippen LogP contribution in [0.1, 0.15) is 25.0 Å². The average Bonchev–Trinajstić information content (AvgIpc) is 2.89. The highest BCUT2D eigenvalue weighted by Crippen LogP contribution is 2.24. The summed E-state index contributed by atoms with van der Waals surface area (Å²) in [5.74, 6) is 0.859. The highest BCUT2D eigenvalue weighted by atomic mass is 35.5. The first kappa shape index (κ1) is 21.8. The van der Waals surface area contributed by atoms with Crippen molar-refractivity contribution in [3.63, 3.8) is 0 Å². The number of rotatable bonds is 5. The average molecular weight is 414 g/mol. The Kier molecular flexibility index (Phi) is 9.13. The zero-order chi connectivity index (χ0) is 15.5. The number of imidazole rings is 1. The Morgan fingerprint density at radius 2 is 1.92 bits per heavy atom. The van der Waals surface area contributed by atoms with E-state index in [-0.39, 0.29) is 24.8 Å². The van der Waals surface area contributed by atoms with E-state index in [0.717, 1.165) is 43.4 Å². The quantitative estimate of drug-likeness (QED) is 0.792. The number of pyridine rings is 1. The maximum atomic E-state index is 6.20. The lowest BCUT2D eigenvalue weighted by atomic mass is 9.93. The molecule has 1 fully saturated rings. The summed E-state index contributed by atoms with van der Waals surface area (Å²) in [6.07, 6.45) is 7.72. The summed E-state index contributed by atoms with van der Waals surface area (Å²) in [6, 6.07) is 1.74. The van der Waals surface area contributed by atoms with Crippen molar-refractivity contribution in [1.82, 2.24) is 19.6 Å². The smallest absolute Gasteiger partial charge is 0.156 e. The normalized spacial score (nSPS) is 16.0. The Hall–Kier alpha value is -0.230. The molecule has 1 aliphatic rings. The first-order valence-electron chi connectivity index (χ1n) is 7.85. The van der Waals surface area contributed by atoms with Crippen LogP contribution in [0, 0.1) is 5.92 Å². The minimum absolute atomic E-state index is 0. The summed E-state index contributed by atoms with van der Waals surface area (Å²) in [7, 11) is 2.02. The Bertz CT molecular complexity index is 638. The van der Waals surface area contributed by atoms with Gasteiger partial charge in [0.15, 0.2) is 5.65 Å². The van der Waals surface area contributed by atoms with Gasteiger partial charge in [-0.2, -0.15) is 0 Å². The van der Waals surface area contributed by atoms with Crippen molar-refractivity contribution in [2.75, 3.05) is 26.7 Å². The monoisotopic (exact) mass is 412 g/mol. The zero-order valence-electron chi connectivity index (χ0n) is 13.7. The van der Waals surface area contributed by atoms with E-state index in [1.165, 1.54) is 19.3 Å². The molecule has 0 bridgehead atoms. The van der Waals surface area contributed by atoms with Gasteiger partial charge in [-0.05, 0) is 57.9 Å². The van der Waals surface area contributed by atoms with Crippen LogP contribution < -0.4 is 5.32 Å². The summed E-state index contributed by atoms with van der Waals surface area (Å²) < 4.78 is 1.92. The molecule has 0 radical (unpaired) electrons. The fraction of sp³-hybridized carbons (Fsp3) is 0.562. The maximum absolute atomic E-state index is 6.20. The van der Waals surface area contributed by atoms with Gasteiger partial charge in [0.1, 0.15) is 0 Å². The van der Waals surface area contributed by atoms with Gasteiger partial charge in [0.2, 0.25) is 0 Å². The van der Waals surface area contributed by atoms with E-state index in [0.29, 0.717) is 10.0 Å². The van der Waals surface area contributed by atoms with Crippen LogP contribution in [-0.2, 0) is 6.54 Å². The van der Waals surface area contributed by atoms with Crippen molar-refractivity contribution in [2.45, 2.75) is 25.8 Å². The molecule has 2 aromatic heterocycles. The van der Waals surface area contributed by atoms with Crippen molar-refractivity contribution in [3.05, 3.63) is 34.2 Å². The van der Waals surface area contributed by atoms with Gasteiger partial charge in [-0.25, -0.2) is 4.98 Å². The Labute approximate surface area is 165 Å². The largest absolute Gasteiger partial charge is 0.320 e. The number of hydrogen-bond acceptors (Lipinski definition) is 3. The van der Waals surface area contributed by atoms with Crippen LogP contribution in [-0.4, -0.2) is 41.0 Å². The third-order valence-corrected chi connectivity index (χ3v) is 4.90. The summed E-state index contributed by atoms with van der Waals surface area (Å²) in [6.45, 7) is 4.30. The van der Waals surface area contributed by atoms with E-state index in [4.69, 9.17) is 23.2 Å². The number of piperidine rings is 1. The van der Waals surface area contributed by atoms with E-state index in [9.17, 15) is 0 Å². The van der Waals surface area contributed by atoms with Gasteiger partial charge in [0.25, 0.3) is 0 Å². The topological polar surface area (TPSA) is 32.6 Å². The number of aromatic nitrogens is 2. The van der Waals surface area contributed by atoms with Crippen molar-refractivity contribution in [1.29, 1.82) is 0 Å². The molecular weight excluding hydrogens is 390 g/mol. The van der Waals surface area contributed by atoms with E-state index in [1.54, 1.807) is 6.07 Å². The second-order valence-electron chi connectivity index (χ2n) is 6.08. The lowest BCUT2D eigenvalue weighted by Crippen LogP contribution is -2.34. The minimum atomic E-state index is 0. The molecule has 0 aromatic carbocycles. The third kappa shape index (κ3) is 5.38. The first-order chi connectivity index (χ1) is 10.7. The fourth-order valence-corrected chi connectivity index (χ4v) is 3.69. The van der Waals surface area contributed by atoms with Gasteiger partial charge in [-0.3, -0.25) is 4.90 Å². The highest BCUT2D eigenvalue weighted by Gasteiger charge is 2.19. The van der Waals surface area contributed by atoms with Crippen LogP contribution in [0.25, 0.3) is 5.65 Å². The van der Waals surface area contributed by atoms with Crippen molar-refractivity contribution in [3.8, 4) is 0 Å². The van der Waals surface area contributed by atoms with Gasteiger partial charge in [-0.15, -0.1) is 24.8 Å². The first-order valence-corrected chi connectivity index (χ1v) is 8.61. The maximum Gasteiger partial charge on any atom is 0.156 e. The number of likely N-dealkylation sites (tertiary alicyclic amines) is 1. The molecule has 0 amide bonds. The molecular formula is C16H24Cl4N4. The number of nitrogens with zero attached hydrogens (tertiary/aromatic N) is 3. The molecule has 1 N–H and O–H groups in total. The standard InChI is InChI=1S/C16H22Cl2N4.2ClH/c1-19-5-2-12-3-6-21(7-4-12)10-14-11-22-9-13(17)8-15(18)16(22)20-14;;/h8-9,11-12,19H,2-7,10H2,1H3;2*1H. The van der Waals surface area contributed by atoms with Crippen LogP contribution >= 0.6 is 48.0 Å². The van der Waals surface area contributed by atoms with Crippen molar-refractivity contribution in [2.24, 2.45) is 5.92 Å². The second-order valence-corrected chi connectivity index (χ2v) is 6.92. The summed E-state index contributed by atoms with van der Waals surface area (Å²) >= 11 is 12.2. The summed E-state index contributed by atoms with van der Waals surface area (Å²) in [4.78, 5) is 7.12. The van der Waals surface area contributed by atoms with E-state index >= 15 is 0 Å². The number of nitrogens with one attached hydrogen (secondary N) is 1. The van der Waals surface area contributed by atoms with E-state index in [1.807, 2.05) is 23.8 Å². The zero-order valence-corrected chi connectivity index (χ0v) is 16.8. The van der Waals surface area contributed by atoms with Gasteiger partial charge in [-0.1, -0.05) is 23.2 Å². The number of fused-ring (bicyclic) bond motifs is 1. The number of halogens is 4. The SMILES string of the molecule is CNCCC1CCN(Cc2cn3cc(Cl)cc(Cl)c3n2)CC1.Cl.Cl. The Morgan fingerprint density at radius 1 is 1.21 bits per heavy atom. The Balaban J connectivity index is 0.00000144. The summed E-state index contributed by atoms with van der Waals surface area (Å²) in [5.41, 5.74) is 1.84. The van der Waals surface area contributed by atoms with Crippen LogP contribution in [0.2, 0.25) is 10.0 Å². The molecule has 0 unspecified atom stereocenters. The predicted molar refractivity (Wildman–Crippen MR) is 106 cm³/mol. The molecule has 0 saturated carbocycles. The molecule has 3 rings (SSSR count). The molecule has 0 spiro atoms. The van der Waals surface area contributed by atoms with Crippen LogP contribution in [0.5, 0.6) is 0 Å². The lowest BCUT2D eigenvalue weighted by molar-refractivity contribution is 0.171.